The predicted octanol–water partition coefficient (Wildman–Crippen LogP) is 5.07. The zero-order valence-electron chi connectivity index (χ0n) is 13.9. The molecule has 0 bridgehead atoms. The highest BCUT2D eigenvalue weighted by molar-refractivity contribution is 6.03. The lowest BCUT2D eigenvalue weighted by Gasteiger charge is -2.10. The first kappa shape index (κ1) is 15.0. The summed E-state index contributed by atoms with van der Waals surface area (Å²) in [6.45, 7) is 2.37. The Morgan fingerprint density at radius 2 is 1.83 bits per heavy atom. The van der Waals surface area contributed by atoms with Crippen LogP contribution in [0.5, 0.6) is 5.75 Å². The van der Waals surface area contributed by atoms with Gasteiger partial charge in [-0.15, -0.1) is 0 Å². The van der Waals surface area contributed by atoms with Gasteiger partial charge in [-0.05, 0) is 48.9 Å². The molecule has 0 saturated carbocycles. The van der Waals surface area contributed by atoms with Gasteiger partial charge in [-0.1, -0.05) is 36.4 Å². The molecule has 0 spiro atoms. The second kappa shape index (κ2) is 6.16. The van der Waals surface area contributed by atoms with Gasteiger partial charge in [-0.25, -0.2) is 0 Å². The molecule has 0 amide bonds. The van der Waals surface area contributed by atoms with Gasteiger partial charge in [0.15, 0.2) is 0 Å². The van der Waals surface area contributed by atoms with Crippen molar-refractivity contribution in [3.05, 3.63) is 54.1 Å². The fourth-order valence-corrected chi connectivity index (χ4v) is 3.74. The first-order valence-corrected chi connectivity index (χ1v) is 8.63. The summed E-state index contributed by atoms with van der Waals surface area (Å²) in [5.74, 6) is 0.945. The van der Waals surface area contributed by atoms with Crippen LogP contribution in [0, 0.1) is 0 Å². The van der Waals surface area contributed by atoms with Gasteiger partial charge < -0.3 is 4.74 Å². The molecule has 0 aliphatic carbocycles. The second-order valence-corrected chi connectivity index (χ2v) is 6.36. The van der Waals surface area contributed by atoms with Gasteiger partial charge in [0.25, 0.3) is 0 Å². The van der Waals surface area contributed by atoms with Crippen LogP contribution in [0.4, 0.5) is 0 Å². The third-order valence-corrected chi connectivity index (χ3v) is 4.75. The Kier molecular flexibility index (Phi) is 3.85. The number of carbonyl (C=O) groups excluding carboxylic acids is 1. The maximum absolute atomic E-state index is 12.5. The minimum absolute atomic E-state index is 0.0410. The Morgan fingerprint density at radius 3 is 2.62 bits per heavy atom. The SMILES string of the molecule is CC(=O)n1c(-c2ccccc2)c2c3c(cccc31)OCCCCC2. The Hall–Kier alpha value is -2.55. The van der Waals surface area contributed by atoms with E-state index in [1.807, 2.05) is 41.0 Å². The largest absolute Gasteiger partial charge is 0.493 e. The predicted molar refractivity (Wildman–Crippen MR) is 96.7 cm³/mol. The number of hydrogen-bond donors (Lipinski definition) is 0. The minimum atomic E-state index is 0.0410. The highest BCUT2D eigenvalue weighted by Gasteiger charge is 2.23. The molecule has 0 unspecified atom stereocenters. The topological polar surface area (TPSA) is 31.2 Å². The van der Waals surface area contributed by atoms with E-state index in [0.29, 0.717) is 0 Å². The van der Waals surface area contributed by atoms with E-state index in [1.165, 1.54) is 5.56 Å². The standard InChI is InChI=1S/C21H21NO2/c1-15(23)22-18-12-8-13-19-20(18)17(11-6-3-7-14-24-19)21(22)16-9-4-2-5-10-16/h2,4-5,8-10,12-13H,3,6-7,11,14H2,1H3. The summed E-state index contributed by atoms with van der Waals surface area (Å²) in [5, 5.41) is 1.11. The molecule has 4 rings (SSSR count). The Morgan fingerprint density at radius 1 is 1.00 bits per heavy atom. The van der Waals surface area contributed by atoms with Crippen LogP contribution < -0.4 is 4.74 Å². The summed E-state index contributed by atoms with van der Waals surface area (Å²) in [6, 6.07) is 16.2. The lowest BCUT2D eigenvalue weighted by atomic mass is 9.99. The van der Waals surface area contributed by atoms with Crippen molar-refractivity contribution in [1.29, 1.82) is 0 Å². The third-order valence-electron chi connectivity index (χ3n) is 4.75. The van der Waals surface area contributed by atoms with E-state index >= 15 is 0 Å². The second-order valence-electron chi connectivity index (χ2n) is 6.36. The monoisotopic (exact) mass is 319 g/mol. The van der Waals surface area contributed by atoms with Crippen LogP contribution >= 0.6 is 0 Å². The maximum atomic E-state index is 12.5. The molecule has 24 heavy (non-hydrogen) atoms. The quantitative estimate of drug-likeness (QED) is 0.627. The van der Waals surface area contributed by atoms with E-state index in [9.17, 15) is 4.79 Å². The van der Waals surface area contributed by atoms with E-state index in [4.69, 9.17) is 4.74 Å². The fraction of sp³-hybridized carbons (Fsp3) is 0.286. The van der Waals surface area contributed by atoms with Crippen LogP contribution in [0.25, 0.3) is 22.2 Å². The number of nitrogens with zero attached hydrogens (tertiary/aromatic N) is 1. The van der Waals surface area contributed by atoms with Crippen LogP contribution in [-0.2, 0) is 6.42 Å². The molecule has 0 N–H and O–H groups in total. The molecule has 122 valence electrons. The van der Waals surface area contributed by atoms with Crippen molar-refractivity contribution in [3.63, 3.8) is 0 Å². The smallest absolute Gasteiger partial charge is 0.228 e. The molecule has 0 radical (unpaired) electrons. The summed E-state index contributed by atoms with van der Waals surface area (Å²) in [4.78, 5) is 12.5. The molecular weight excluding hydrogens is 298 g/mol. The van der Waals surface area contributed by atoms with Crippen LogP contribution in [0.15, 0.2) is 48.5 Å². The number of ether oxygens (including phenoxy) is 1. The number of carbonyl (C=O) groups is 1. The number of rotatable bonds is 1. The molecule has 2 heterocycles. The van der Waals surface area contributed by atoms with Crippen LogP contribution in [0.2, 0.25) is 0 Å². The lowest BCUT2D eigenvalue weighted by molar-refractivity contribution is 0.0943. The van der Waals surface area contributed by atoms with E-state index in [-0.39, 0.29) is 5.91 Å². The Balaban J connectivity index is 2.11. The summed E-state index contributed by atoms with van der Waals surface area (Å²) in [5.41, 5.74) is 4.31. The summed E-state index contributed by atoms with van der Waals surface area (Å²) in [7, 11) is 0. The molecule has 1 aliphatic heterocycles. The maximum Gasteiger partial charge on any atom is 0.228 e. The van der Waals surface area contributed by atoms with Crippen LogP contribution in [0.3, 0.4) is 0 Å². The van der Waals surface area contributed by atoms with Crippen LogP contribution in [-0.4, -0.2) is 17.1 Å². The molecular formula is C21H21NO2. The van der Waals surface area contributed by atoms with Crippen molar-refractivity contribution in [2.24, 2.45) is 0 Å². The zero-order chi connectivity index (χ0) is 16.5. The van der Waals surface area contributed by atoms with E-state index in [1.54, 1.807) is 6.92 Å². The molecule has 0 atom stereocenters. The van der Waals surface area contributed by atoms with Gasteiger partial charge >= 0.3 is 0 Å². The van der Waals surface area contributed by atoms with Crippen molar-refractivity contribution in [2.45, 2.75) is 32.6 Å². The van der Waals surface area contributed by atoms with E-state index in [0.717, 1.165) is 60.2 Å². The van der Waals surface area contributed by atoms with Crippen molar-refractivity contribution >= 4 is 16.8 Å². The summed E-state index contributed by atoms with van der Waals surface area (Å²) < 4.78 is 7.90. The molecule has 2 aromatic carbocycles. The molecule has 1 aliphatic rings. The van der Waals surface area contributed by atoms with E-state index in [2.05, 4.69) is 12.1 Å². The van der Waals surface area contributed by atoms with E-state index < -0.39 is 0 Å². The average molecular weight is 319 g/mol. The number of aryl methyl sites for hydroxylation is 1. The molecule has 3 nitrogen and oxygen atoms in total. The van der Waals surface area contributed by atoms with Gasteiger partial charge in [-0.2, -0.15) is 0 Å². The molecule has 1 aromatic heterocycles. The van der Waals surface area contributed by atoms with Crippen LogP contribution in [0.1, 0.15) is 36.5 Å². The summed E-state index contributed by atoms with van der Waals surface area (Å²) in [6.07, 6.45) is 4.32. The number of hydrogen-bond acceptors (Lipinski definition) is 2. The minimum Gasteiger partial charge on any atom is -0.493 e. The third kappa shape index (κ3) is 2.41. The Labute approximate surface area is 141 Å². The normalized spacial score (nSPS) is 14.5. The first-order chi connectivity index (χ1) is 11.8. The average Bonchev–Trinajstić information content (AvgIpc) is 2.98. The van der Waals surface area contributed by atoms with Crippen molar-refractivity contribution in [3.8, 4) is 17.0 Å². The lowest BCUT2D eigenvalue weighted by Crippen LogP contribution is -2.08. The molecule has 3 heteroatoms. The highest BCUT2D eigenvalue weighted by atomic mass is 16.5. The highest BCUT2D eigenvalue weighted by Crippen LogP contribution is 2.40. The van der Waals surface area contributed by atoms with Gasteiger partial charge in [-0.3, -0.25) is 9.36 Å². The van der Waals surface area contributed by atoms with Crippen molar-refractivity contribution < 1.29 is 9.53 Å². The first-order valence-electron chi connectivity index (χ1n) is 8.63. The number of benzene rings is 2. The summed E-state index contributed by atoms with van der Waals surface area (Å²) >= 11 is 0. The Bertz CT molecular complexity index is 893. The van der Waals surface area contributed by atoms with Crippen molar-refractivity contribution in [2.75, 3.05) is 6.61 Å². The van der Waals surface area contributed by atoms with Gasteiger partial charge in [0, 0.05) is 12.3 Å². The fourth-order valence-electron chi connectivity index (χ4n) is 3.74. The molecule has 0 fully saturated rings. The number of aromatic nitrogens is 1. The zero-order valence-corrected chi connectivity index (χ0v) is 13.9. The van der Waals surface area contributed by atoms with Gasteiger partial charge in [0.2, 0.25) is 5.91 Å². The molecule has 0 saturated heterocycles. The van der Waals surface area contributed by atoms with Gasteiger partial charge in [0.1, 0.15) is 5.75 Å². The van der Waals surface area contributed by atoms with Crippen molar-refractivity contribution in [1.82, 2.24) is 4.57 Å². The van der Waals surface area contributed by atoms with Gasteiger partial charge in [0.05, 0.1) is 17.8 Å². The molecule has 3 aromatic rings.